The van der Waals surface area contributed by atoms with Crippen LogP contribution in [0.1, 0.15) is 46.0 Å². The number of carbonyl (C=O) groups excluding carboxylic acids is 1. The first-order valence-corrected chi connectivity index (χ1v) is 5.62. The Bertz CT molecular complexity index is 194. The van der Waals surface area contributed by atoms with Gasteiger partial charge in [-0.05, 0) is 32.6 Å². The number of aliphatic hydroxyl groups is 1. The monoisotopic (exact) mass is 199 g/mol. The van der Waals surface area contributed by atoms with E-state index in [4.69, 9.17) is 5.11 Å². The zero-order valence-electron chi connectivity index (χ0n) is 9.20. The van der Waals surface area contributed by atoms with Crippen LogP contribution in [-0.2, 0) is 4.79 Å². The summed E-state index contributed by atoms with van der Waals surface area (Å²) in [7, 11) is 0. The van der Waals surface area contributed by atoms with Gasteiger partial charge in [-0.3, -0.25) is 4.79 Å². The first-order chi connectivity index (χ1) is 6.70. The van der Waals surface area contributed by atoms with Crippen LogP contribution in [-0.4, -0.2) is 34.6 Å². The summed E-state index contributed by atoms with van der Waals surface area (Å²) in [5.41, 5.74) is 0. The highest BCUT2D eigenvalue weighted by Gasteiger charge is 2.32. The van der Waals surface area contributed by atoms with Gasteiger partial charge in [-0.1, -0.05) is 6.92 Å². The van der Waals surface area contributed by atoms with E-state index in [0.29, 0.717) is 24.9 Å². The van der Waals surface area contributed by atoms with Gasteiger partial charge in [-0.25, -0.2) is 0 Å². The third kappa shape index (κ3) is 2.47. The average Bonchev–Trinajstić information content (AvgIpc) is 2.56. The summed E-state index contributed by atoms with van der Waals surface area (Å²) in [4.78, 5) is 13.8. The van der Waals surface area contributed by atoms with Crippen molar-refractivity contribution < 1.29 is 9.90 Å². The molecule has 0 aromatic carbocycles. The summed E-state index contributed by atoms with van der Waals surface area (Å²) >= 11 is 0. The van der Waals surface area contributed by atoms with Gasteiger partial charge in [-0.15, -0.1) is 0 Å². The molecule has 3 nitrogen and oxygen atoms in total. The summed E-state index contributed by atoms with van der Waals surface area (Å²) in [5.74, 6) is 0.218. The summed E-state index contributed by atoms with van der Waals surface area (Å²) in [6.07, 6.45) is 4.41. The Morgan fingerprint density at radius 2 is 2.21 bits per heavy atom. The molecule has 1 aliphatic heterocycles. The molecule has 1 rings (SSSR count). The van der Waals surface area contributed by atoms with E-state index in [1.54, 1.807) is 0 Å². The molecule has 2 unspecified atom stereocenters. The van der Waals surface area contributed by atoms with Crippen LogP contribution in [0.25, 0.3) is 0 Å². The van der Waals surface area contributed by atoms with Gasteiger partial charge in [0.2, 0.25) is 5.91 Å². The van der Waals surface area contributed by atoms with Crippen LogP contribution in [0.15, 0.2) is 0 Å². The quantitative estimate of drug-likeness (QED) is 0.746. The van der Waals surface area contributed by atoms with E-state index >= 15 is 0 Å². The number of aliphatic hydroxyl groups excluding tert-OH is 1. The minimum absolute atomic E-state index is 0.116. The molecule has 0 bridgehead atoms. The molecule has 0 aliphatic carbocycles. The Morgan fingerprint density at radius 1 is 1.50 bits per heavy atom. The van der Waals surface area contributed by atoms with Gasteiger partial charge in [0.25, 0.3) is 0 Å². The van der Waals surface area contributed by atoms with Crippen LogP contribution in [0.2, 0.25) is 0 Å². The molecule has 3 heteroatoms. The molecular weight excluding hydrogens is 178 g/mol. The molecule has 0 saturated carbocycles. The summed E-state index contributed by atoms with van der Waals surface area (Å²) in [5, 5.41) is 8.68. The van der Waals surface area contributed by atoms with Crippen molar-refractivity contribution in [2.45, 2.75) is 58.0 Å². The van der Waals surface area contributed by atoms with Crippen LogP contribution in [0.4, 0.5) is 0 Å². The van der Waals surface area contributed by atoms with Gasteiger partial charge >= 0.3 is 0 Å². The SMILES string of the molecule is CCC1CCC(C)N1C(=O)CCCO. The second-order valence-electron chi connectivity index (χ2n) is 4.12. The van der Waals surface area contributed by atoms with Crippen molar-refractivity contribution in [1.82, 2.24) is 4.90 Å². The van der Waals surface area contributed by atoms with Crippen molar-refractivity contribution in [2.24, 2.45) is 0 Å². The minimum atomic E-state index is 0.116. The molecule has 14 heavy (non-hydrogen) atoms. The van der Waals surface area contributed by atoms with Crippen molar-refractivity contribution in [3.63, 3.8) is 0 Å². The highest BCUT2D eigenvalue weighted by Crippen LogP contribution is 2.26. The Labute approximate surface area is 86.1 Å². The Morgan fingerprint density at radius 3 is 2.79 bits per heavy atom. The van der Waals surface area contributed by atoms with E-state index in [1.807, 2.05) is 4.90 Å². The number of hydrogen-bond donors (Lipinski definition) is 1. The topological polar surface area (TPSA) is 40.5 Å². The van der Waals surface area contributed by atoms with Crippen LogP contribution in [0, 0.1) is 0 Å². The zero-order chi connectivity index (χ0) is 10.6. The van der Waals surface area contributed by atoms with Crippen molar-refractivity contribution in [3.05, 3.63) is 0 Å². The molecule has 2 atom stereocenters. The van der Waals surface area contributed by atoms with E-state index in [9.17, 15) is 4.79 Å². The fourth-order valence-corrected chi connectivity index (χ4v) is 2.28. The normalized spacial score (nSPS) is 26.9. The van der Waals surface area contributed by atoms with Crippen molar-refractivity contribution in [2.75, 3.05) is 6.61 Å². The molecule has 82 valence electrons. The maximum atomic E-state index is 11.8. The molecule has 1 fully saturated rings. The highest BCUT2D eigenvalue weighted by atomic mass is 16.3. The lowest BCUT2D eigenvalue weighted by atomic mass is 10.1. The number of likely N-dealkylation sites (tertiary alicyclic amines) is 1. The molecule has 0 spiro atoms. The van der Waals surface area contributed by atoms with E-state index in [0.717, 1.165) is 19.3 Å². The molecule has 1 heterocycles. The largest absolute Gasteiger partial charge is 0.396 e. The molecule has 0 radical (unpaired) electrons. The third-order valence-corrected chi connectivity index (χ3v) is 3.09. The molecule has 0 aromatic heterocycles. The Kier molecular flexibility index (Phi) is 4.39. The first-order valence-electron chi connectivity index (χ1n) is 5.62. The van der Waals surface area contributed by atoms with Gasteiger partial charge in [0.05, 0.1) is 0 Å². The minimum Gasteiger partial charge on any atom is -0.396 e. The summed E-state index contributed by atoms with van der Waals surface area (Å²) in [6.45, 7) is 4.37. The lowest BCUT2D eigenvalue weighted by molar-refractivity contribution is -0.134. The summed E-state index contributed by atoms with van der Waals surface area (Å²) < 4.78 is 0. The van der Waals surface area contributed by atoms with Crippen LogP contribution in [0.3, 0.4) is 0 Å². The standard InChI is InChI=1S/C11H21NO2/c1-3-10-7-6-9(2)12(10)11(14)5-4-8-13/h9-10,13H,3-8H2,1-2H3. The predicted molar refractivity (Wildman–Crippen MR) is 55.9 cm³/mol. The van der Waals surface area contributed by atoms with Crippen molar-refractivity contribution >= 4 is 5.91 Å². The first kappa shape index (κ1) is 11.5. The van der Waals surface area contributed by atoms with Gasteiger partial charge in [-0.2, -0.15) is 0 Å². The fraction of sp³-hybridized carbons (Fsp3) is 0.909. The molecule has 1 saturated heterocycles. The number of amides is 1. The van der Waals surface area contributed by atoms with Crippen molar-refractivity contribution in [1.29, 1.82) is 0 Å². The Hall–Kier alpha value is -0.570. The van der Waals surface area contributed by atoms with Crippen LogP contribution < -0.4 is 0 Å². The van der Waals surface area contributed by atoms with E-state index in [2.05, 4.69) is 13.8 Å². The predicted octanol–water partition coefficient (Wildman–Crippen LogP) is 1.55. The number of nitrogens with zero attached hydrogens (tertiary/aromatic N) is 1. The lowest BCUT2D eigenvalue weighted by Crippen LogP contribution is -2.39. The second-order valence-corrected chi connectivity index (χ2v) is 4.12. The number of carbonyl (C=O) groups is 1. The molecule has 1 N–H and O–H groups in total. The Balaban J connectivity index is 2.50. The maximum absolute atomic E-state index is 11.8. The van der Waals surface area contributed by atoms with E-state index < -0.39 is 0 Å². The summed E-state index contributed by atoms with van der Waals surface area (Å²) in [6, 6.07) is 0.835. The average molecular weight is 199 g/mol. The number of rotatable bonds is 4. The second kappa shape index (κ2) is 5.35. The zero-order valence-corrected chi connectivity index (χ0v) is 9.20. The van der Waals surface area contributed by atoms with Gasteiger partial charge in [0, 0.05) is 25.1 Å². The van der Waals surface area contributed by atoms with Gasteiger partial charge in [0.15, 0.2) is 0 Å². The van der Waals surface area contributed by atoms with Crippen LogP contribution >= 0.6 is 0 Å². The molecule has 0 aromatic rings. The fourth-order valence-electron chi connectivity index (χ4n) is 2.28. The van der Waals surface area contributed by atoms with E-state index in [-0.39, 0.29) is 12.5 Å². The number of hydrogen-bond acceptors (Lipinski definition) is 2. The van der Waals surface area contributed by atoms with E-state index in [1.165, 1.54) is 0 Å². The highest BCUT2D eigenvalue weighted by molar-refractivity contribution is 5.77. The molecule has 1 aliphatic rings. The lowest BCUT2D eigenvalue weighted by Gasteiger charge is -2.28. The third-order valence-electron chi connectivity index (χ3n) is 3.09. The van der Waals surface area contributed by atoms with Gasteiger partial charge < -0.3 is 10.0 Å². The maximum Gasteiger partial charge on any atom is 0.223 e. The van der Waals surface area contributed by atoms with Crippen molar-refractivity contribution in [3.8, 4) is 0 Å². The van der Waals surface area contributed by atoms with Crippen LogP contribution in [0.5, 0.6) is 0 Å². The molecule has 1 amide bonds. The smallest absolute Gasteiger partial charge is 0.223 e. The molecular formula is C11H21NO2. The van der Waals surface area contributed by atoms with Gasteiger partial charge in [0.1, 0.15) is 0 Å².